The topological polar surface area (TPSA) is 18.5 Å². The smallest absolute Gasteiger partial charge is 0.349 e. The molecule has 0 aromatic heterocycles. The van der Waals surface area contributed by atoms with E-state index in [-0.39, 0.29) is 0 Å². The highest BCUT2D eigenvalue weighted by molar-refractivity contribution is 7.80. The number of hydrogen-bond acceptors (Lipinski definition) is 2. The van der Waals surface area contributed by atoms with E-state index in [1.165, 1.54) is 31.7 Å². The number of thiocarbonyl (C=S) groups is 1. The fraction of sp³-hybridized carbons (Fsp3) is 0.667. The Bertz CT molecular complexity index is 671. The third-order valence-electron chi connectivity index (χ3n) is 6.36. The van der Waals surface area contributed by atoms with Crippen molar-refractivity contribution in [1.82, 2.24) is 9.80 Å². The minimum atomic E-state index is -4.35. The van der Waals surface area contributed by atoms with E-state index in [2.05, 4.69) is 29.1 Å². The maximum Gasteiger partial charge on any atom is 0.416 e. The maximum atomic E-state index is 12.9. The van der Waals surface area contributed by atoms with Crippen LogP contribution in [-0.4, -0.2) is 47.1 Å². The molecule has 2 atom stereocenters. The first kappa shape index (κ1) is 21.4. The fourth-order valence-corrected chi connectivity index (χ4v) is 4.92. The molecule has 1 aromatic carbocycles. The van der Waals surface area contributed by atoms with Crippen molar-refractivity contribution < 1.29 is 13.2 Å². The van der Waals surface area contributed by atoms with Gasteiger partial charge in [-0.3, -0.25) is 0 Å². The second-order valence-corrected chi connectivity index (χ2v) is 8.61. The number of nitrogens with one attached hydrogen (secondary N) is 1. The van der Waals surface area contributed by atoms with Gasteiger partial charge in [-0.1, -0.05) is 25.8 Å². The van der Waals surface area contributed by atoms with Crippen molar-refractivity contribution in [3.8, 4) is 0 Å². The molecule has 3 nitrogen and oxygen atoms in total. The number of rotatable bonds is 3. The van der Waals surface area contributed by atoms with E-state index in [9.17, 15) is 13.2 Å². The van der Waals surface area contributed by atoms with Crippen LogP contribution >= 0.6 is 12.2 Å². The summed E-state index contributed by atoms with van der Waals surface area (Å²) in [5.74, 6) is 0.750. The Morgan fingerprint density at radius 2 is 1.82 bits per heavy atom. The first-order chi connectivity index (χ1) is 13.3. The van der Waals surface area contributed by atoms with Crippen LogP contribution in [0.15, 0.2) is 24.3 Å². The van der Waals surface area contributed by atoms with Gasteiger partial charge in [-0.2, -0.15) is 13.2 Å². The van der Waals surface area contributed by atoms with Gasteiger partial charge in [0.15, 0.2) is 5.11 Å². The van der Waals surface area contributed by atoms with Gasteiger partial charge in [0.2, 0.25) is 0 Å². The van der Waals surface area contributed by atoms with Gasteiger partial charge in [0, 0.05) is 30.9 Å². The zero-order valence-electron chi connectivity index (χ0n) is 16.6. The van der Waals surface area contributed by atoms with E-state index in [1.54, 1.807) is 6.07 Å². The third kappa shape index (κ3) is 5.17. The maximum absolute atomic E-state index is 12.9. The molecule has 1 aromatic rings. The zero-order chi connectivity index (χ0) is 20.3. The highest BCUT2D eigenvalue weighted by Crippen LogP contribution is 2.32. The van der Waals surface area contributed by atoms with Gasteiger partial charge < -0.3 is 15.1 Å². The molecule has 2 fully saturated rings. The fourth-order valence-electron chi connectivity index (χ4n) is 4.62. The summed E-state index contributed by atoms with van der Waals surface area (Å²) >= 11 is 5.46. The van der Waals surface area contributed by atoms with Crippen molar-refractivity contribution in [2.45, 2.75) is 63.7 Å². The van der Waals surface area contributed by atoms with E-state index in [4.69, 9.17) is 12.2 Å². The third-order valence-corrected chi connectivity index (χ3v) is 6.72. The van der Waals surface area contributed by atoms with Crippen LogP contribution < -0.4 is 5.32 Å². The van der Waals surface area contributed by atoms with Crippen LogP contribution in [0.3, 0.4) is 0 Å². The summed E-state index contributed by atoms with van der Waals surface area (Å²) in [6.45, 7) is 4.03. The molecule has 1 heterocycles. The number of halogens is 3. The number of piperidine rings is 1. The quantitative estimate of drug-likeness (QED) is 0.671. The van der Waals surface area contributed by atoms with Gasteiger partial charge in [-0.15, -0.1) is 0 Å². The lowest BCUT2D eigenvalue weighted by molar-refractivity contribution is -0.137. The van der Waals surface area contributed by atoms with Crippen molar-refractivity contribution in [1.29, 1.82) is 0 Å². The molecule has 0 unspecified atom stereocenters. The zero-order valence-corrected chi connectivity index (χ0v) is 17.5. The second-order valence-electron chi connectivity index (χ2n) is 8.22. The number of nitrogens with zero attached hydrogens (tertiary/aromatic N) is 2. The second kappa shape index (κ2) is 8.99. The molecule has 156 valence electrons. The SMILES string of the molecule is C[C@H]1CCCC[C@@H]1N(C)C1CCN(C(=S)Nc2cccc(C(F)(F)F)c2)CC1. The summed E-state index contributed by atoms with van der Waals surface area (Å²) in [6.07, 6.45) is 2.99. The Morgan fingerprint density at radius 1 is 1.14 bits per heavy atom. The Kier molecular flexibility index (Phi) is 6.86. The van der Waals surface area contributed by atoms with Crippen molar-refractivity contribution >= 4 is 23.0 Å². The number of anilines is 1. The van der Waals surface area contributed by atoms with Crippen molar-refractivity contribution in [3.05, 3.63) is 29.8 Å². The van der Waals surface area contributed by atoms with E-state index in [1.807, 2.05) is 0 Å². The first-order valence-electron chi connectivity index (χ1n) is 10.2. The molecule has 0 radical (unpaired) electrons. The van der Waals surface area contributed by atoms with Crippen molar-refractivity contribution in [2.75, 3.05) is 25.5 Å². The highest BCUT2D eigenvalue weighted by atomic mass is 32.1. The van der Waals surface area contributed by atoms with Crippen LogP contribution in [-0.2, 0) is 6.18 Å². The van der Waals surface area contributed by atoms with Gasteiger partial charge in [0.05, 0.1) is 5.56 Å². The minimum Gasteiger partial charge on any atom is -0.349 e. The predicted octanol–water partition coefficient (Wildman–Crippen LogP) is 5.38. The van der Waals surface area contributed by atoms with Crippen molar-refractivity contribution in [2.24, 2.45) is 5.92 Å². The van der Waals surface area contributed by atoms with E-state index in [0.717, 1.165) is 44.0 Å². The van der Waals surface area contributed by atoms with Crippen LogP contribution in [0.25, 0.3) is 0 Å². The molecule has 0 bridgehead atoms. The Balaban J connectivity index is 1.52. The predicted molar refractivity (Wildman–Crippen MR) is 111 cm³/mol. The van der Waals surface area contributed by atoms with Crippen LogP contribution in [0.4, 0.5) is 18.9 Å². The van der Waals surface area contributed by atoms with E-state index < -0.39 is 11.7 Å². The summed E-state index contributed by atoms with van der Waals surface area (Å²) in [5.41, 5.74) is -0.280. The van der Waals surface area contributed by atoms with Gasteiger partial charge in [0.1, 0.15) is 0 Å². The molecule has 28 heavy (non-hydrogen) atoms. The molecule has 1 N–H and O–H groups in total. The summed E-state index contributed by atoms with van der Waals surface area (Å²) in [4.78, 5) is 4.65. The van der Waals surface area contributed by atoms with Crippen LogP contribution in [0.1, 0.15) is 51.0 Å². The Labute approximate surface area is 171 Å². The van der Waals surface area contributed by atoms with Crippen molar-refractivity contribution in [3.63, 3.8) is 0 Å². The number of alkyl halides is 3. The van der Waals surface area contributed by atoms with Gasteiger partial charge >= 0.3 is 6.18 Å². The summed E-state index contributed by atoms with van der Waals surface area (Å²) in [5, 5.41) is 3.49. The standard InChI is InChI=1S/C21H30F3N3S/c1-15-6-3-4-9-19(15)26(2)18-10-12-27(13-11-18)20(28)25-17-8-5-7-16(14-17)21(22,23)24/h5,7-8,14-15,18-19H,3-4,6,9-13H2,1-2H3,(H,25,28)/t15-,19-/m0/s1. The summed E-state index contributed by atoms with van der Waals surface area (Å²) < 4.78 is 38.7. The average Bonchev–Trinajstić information content (AvgIpc) is 2.67. The molecular weight excluding hydrogens is 383 g/mol. The molecule has 3 rings (SSSR count). The highest BCUT2D eigenvalue weighted by Gasteiger charge is 2.32. The van der Waals surface area contributed by atoms with Gasteiger partial charge in [0.25, 0.3) is 0 Å². The van der Waals surface area contributed by atoms with Crippen LogP contribution in [0.2, 0.25) is 0 Å². The monoisotopic (exact) mass is 413 g/mol. The molecule has 1 aliphatic heterocycles. The number of benzene rings is 1. The molecule has 7 heteroatoms. The molecule has 0 amide bonds. The minimum absolute atomic E-state index is 0.384. The molecule has 0 spiro atoms. The lowest BCUT2D eigenvalue weighted by atomic mass is 9.84. The lowest BCUT2D eigenvalue weighted by Gasteiger charge is -2.44. The Hall–Kier alpha value is -1.34. The summed E-state index contributed by atoms with van der Waals surface area (Å²) in [6, 6.07) is 6.42. The molecule has 1 aliphatic carbocycles. The summed E-state index contributed by atoms with van der Waals surface area (Å²) in [7, 11) is 2.26. The van der Waals surface area contributed by atoms with Crippen LogP contribution in [0, 0.1) is 5.92 Å². The molecular formula is C21H30F3N3S. The average molecular weight is 414 g/mol. The number of likely N-dealkylation sites (tertiary alicyclic amines) is 1. The van der Waals surface area contributed by atoms with Gasteiger partial charge in [-0.25, -0.2) is 0 Å². The van der Waals surface area contributed by atoms with Gasteiger partial charge in [-0.05, 0) is 69.1 Å². The first-order valence-corrected chi connectivity index (χ1v) is 10.6. The normalized spacial score (nSPS) is 24.4. The number of hydrogen-bond donors (Lipinski definition) is 1. The molecule has 1 saturated carbocycles. The molecule has 2 aliphatic rings. The molecule has 1 saturated heterocycles. The Morgan fingerprint density at radius 3 is 2.46 bits per heavy atom. The van der Waals surface area contributed by atoms with E-state index >= 15 is 0 Å². The van der Waals surface area contributed by atoms with Crippen LogP contribution in [0.5, 0.6) is 0 Å². The van der Waals surface area contributed by atoms with E-state index in [0.29, 0.717) is 22.9 Å². The largest absolute Gasteiger partial charge is 0.416 e. The lowest BCUT2D eigenvalue weighted by Crippen LogP contribution is -2.51.